The van der Waals surface area contributed by atoms with Crippen LogP contribution in [0.5, 0.6) is 0 Å². The topological polar surface area (TPSA) is 71.5 Å². The van der Waals surface area contributed by atoms with Crippen LogP contribution in [-0.4, -0.2) is 19.9 Å². The number of rotatable bonds is 3. The first-order chi connectivity index (χ1) is 8.95. The normalized spacial score (nSPS) is 11.5. The van der Waals surface area contributed by atoms with Gasteiger partial charge in [0.25, 0.3) is 5.56 Å². The minimum atomic E-state index is -4.64. The highest BCUT2D eigenvalue weighted by Crippen LogP contribution is 2.27. The number of alkyl halides is 3. The Morgan fingerprint density at radius 3 is 2.74 bits per heavy atom. The first kappa shape index (κ1) is 13.5. The fourth-order valence-corrected chi connectivity index (χ4v) is 1.92. The standard InChI is InChI=1S/C10H7F3N4OS/c11-10(12,13)6-3-8(18)17-7(16-6)5-19-9-4-14-1-2-15-9/h1-4H,5H2,(H,16,17,18). The Hall–Kier alpha value is -1.90. The highest BCUT2D eigenvalue weighted by atomic mass is 32.2. The molecular weight excluding hydrogens is 281 g/mol. The van der Waals surface area contributed by atoms with Gasteiger partial charge < -0.3 is 4.98 Å². The third-order valence-corrected chi connectivity index (χ3v) is 2.90. The fraction of sp³-hybridized carbons (Fsp3) is 0.200. The maximum Gasteiger partial charge on any atom is 0.433 e. The van der Waals surface area contributed by atoms with Crippen LogP contribution in [0, 0.1) is 0 Å². The van der Waals surface area contributed by atoms with Crippen LogP contribution < -0.4 is 5.56 Å². The van der Waals surface area contributed by atoms with Gasteiger partial charge in [0.05, 0.1) is 11.9 Å². The third-order valence-electron chi connectivity index (χ3n) is 1.98. The lowest BCUT2D eigenvalue weighted by atomic mass is 10.4. The SMILES string of the molecule is O=c1cc(C(F)(F)F)nc(CSc2cnccn2)[nH]1. The minimum absolute atomic E-state index is 0.0597. The van der Waals surface area contributed by atoms with Crippen molar-refractivity contribution < 1.29 is 13.2 Å². The smallest absolute Gasteiger partial charge is 0.310 e. The number of aromatic amines is 1. The van der Waals surface area contributed by atoms with Crippen LogP contribution in [0.1, 0.15) is 11.5 Å². The van der Waals surface area contributed by atoms with E-state index in [1.54, 1.807) is 0 Å². The van der Waals surface area contributed by atoms with Crippen LogP contribution in [-0.2, 0) is 11.9 Å². The molecule has 0 unspecified atom stereocenters. The Morgan fingerprint density at radius 1 is 1.32 bits per heavy atom. The monoisotopic (exact) mass is 288 g/mol. The summed E-state index contributed by atoms with van der Waals surface area (Å²) in [5.41, 5.74) is -2.04. The van der Waals surface area contributed by atoms with Gasteiger partial charge >= 0.3 is 6.18 Å². The van der Waals surface area contributed by atoms with Crippen molar-refractivity contribution in [1.29, 1.82) is 0 Å². The first-order valence-corrected chi connectivity index (χ1v) is 6.00. The molecule has 0 amide bonds. The van der Waals surface area contributed by atoms with Gasteiger partial charge in [-0.25, -0.2) is 9.97 Å². The largest absolute Gasteiger partial charge is 0.433 e. The Labute approximate surface area is 109 Å². The summed E-state index contributed by atoms with van der Waals surface area (Å²) < 4.78 is 37.4. The van der Waals surface area contributed by atoms with Crippen LogP contribution in [0.25, 0.3) is 0 Å². The van der Waals surface area contributed by atoms with Crippen molar-refractivity contribution in [1.82, 2.24) is 19.9 Å². The highest BCUT2D eigenvalue weighted by molar-refractivity contribution is 7.98. The Bertz CT molecular complexity index is 614. The molecule has 19 heavy (non-hydrogen) atoms. The molecule has 2 aromatic heterocycles. The van der Waals surface area contributed by atoms with E-state index in [-0.39, 0.29) is 11.6 Å². The lowest BCUT2D eigenvalue weighted by Gasteiger charge is -2.06. The number of hydrogen-bond acceptors (Lipinski definition) is 5. The second-order valence-electron chi connectivity index (χ2n) is 3.41. The molecule has 2 rings (SSSR count). The third kappa shape index (κ3) is 3.78. The molecule has 0 saturated heterocycles. The van der Waals surface area contributed by atoms with Gasteiger partial charge in [-0.3, -0.25) is 9.78 Å². The summed E-state index contributed by atoms with van der Waals surface area (Å²) in [5, 5.41) is 0.530. The average molecular weight is 288 g/mol. The quantitative estimate of drug-likeness (QED) is 0.873. The predicted octanol–water partition coefficient (Wildman–Crippen LogP) is 1.87. The summed E-state index contributed by atoms with van der Waals surface area (Å²) in [4.78, 5) is 24.5. The number of halogens is 3. The molecule has 0 aliphatic rings. The highest BCUT2D eigenvalue weighted by Gasteiger charge is 2.33. The van der Waals surface area contributed by atoms with E-state index < -0.39 is 17.4 Å². The van der Waals surface area contributed by atoms with Crippen LogP contribution >= 0.6 is 11.8 Å². The molecule has 2 heterocycles. The molecule has 0 saturated carbocycles. The average Bonchev–Trinajstić information content (AvgIpc) is 2.36. The molecular formula is C10H7F3N4OS. The second kappa shape index (κ2) is 5.39. The zero-order valence-electron chi connectivity index (χ0n) is 9.31. The van der Waals surface area contributed by atoms with Crippen molar-refractivity contribution in [2.24, 2.45) is 0 Å². The molecule has 0 spiro atoms. The fourth-order valence-electron chi connectivity index (χ4n) is 1.22. The lowest BCUT2D eigenvalue weighted by Crippen LogP contribution is -2.18. The second-order valence-corrected chi connectivity index (χ2v) is 4.40. The van der Waals surface area contributed by atoms with Crippen LogP contribution in [0.4, 0.5) is 13.2 Å². The Kier molecular flexibility index (Phi) is 3.84. The molecule has 0 bridgehead atoms. The van der Waals surface area contributed by atoms with Crippen molar-refractivity contribution in [3.63, 3.8) is 0 Å². The van der Waals surface area contributed by atoms with Crippen molar-refractivity contribution in [3.05, 3.63) is 46.5 Å². The lowest BCUT2D eigenvalue weighted by molar-refractivity contribution is -0.141. The van der Waals surface area contributed by atoms with Gasteiger partial charge in [-0.1, -0.05) is 11.8 Å². The van der Waals surface area contributed by atoms with Crippen LogP contribution in [0.15, 0.2) is 34.5 Å². The maximum absolute atomic E-state index is 12.5. The molecule has 0 radical (unpaired) electrons. The molecule has 0 aliphatic carbocycles. The zero-order valence-corrected chi connectivity index (χ0v) is 10.1. The molecule has 2 aromatic rings. The van der Waals surface area contributed by atoms with E-state index in [9.17, 15) is 18.0 Å². The van der Waals surface area contributed by atoms with Gasteiger partial charge in [-0.2, -0.15) is 13.2 Å². The number of thioether (sulfide) groups is 1. The Balaban J connectivity index is 2.17. The number of hydrogen-bond donors (Lipinski definition) is 1. The first-order valence-electron chi connectivity index (χ1n) is 5.01. The van der Waals surface area contributed by atoms with Crippen molar-refractivity contribution in [2.75, 3.05) is 0 Å². The van der Waals surface area contributed by atoms with Gasteiger partial charge in [0, 0.05) is 18.5 Å². The minimum Gasteiger partial charge on any atom is -0.310 e. The van der Waals surface area contributed by atoms with E-state index in [4.69, 9.17) is 0 Å². The maximum atomic E-state index is 12.5. The summed E-state index contributed by atoms with van der Waals surface area (Å²) >= 11 is 1.13. The zero-order chi connectivity index (χ0) is 13.9. The summed E-state index contributed by atoms with van der Waals surface area (Å²) in [5.74, 6) is 0.00757. The van der Waals surface area contributed by atoms with Crippen LogP contribution in [0.2, 0.25) is 0 Å². The molecule has 1 N–H and O–H groups in total. The number of nitrogens with zero attached hydrogens (tertiary/aromatic N) is 3. The van der Waals surface area contributed by atoms with E-state index in [1.807, 2.05) is 0 Å². The molecule has 0 atom stereocenters. The number of aromatic nitrogens is 4. The summed E-state index contributed by atoms with van der Waals surface area (Å²) in [6.07, 6.45) is -0.226. The van der Waals surface area contributed by atoms with E-state index in [2.05, 4.69) is 19.9 Å². The summed E-state index contributed by atoms with van der Waals surface area (Å²) in [6.45, 7) is 0. The molecule has 100 valence electrons. The molecule has 0 aromatic carbocycles. The van der Waals surface area contributed by atoms with E-state index in [0.29, 0.717) is 11.1 Å². The van der Waals surface area contributed by atoms with Gasteiger partial charge in [0.1, 0.15) is 10.9 Å². The number of H-pyrrole nitrogens is 1. The number of nitrogens with one attached hydrogen (secondary N) is 1. The van der Waals surface area contributed by atoms with Gasteiger partial charge in [0.15, 0.2) is 5.69 Å². The molecule has 5 nitrogen and oxygen atoms in total. The molecule has 9 heteroatoms. The summed E-state index contributed by atoms with van der Waals surface area (Å²) in [6, 6.07) is 0.427. The predicted molar refractivity (Wildman–Crippen MR) is 61.5 cm³/mol. The van der Waals surface area contributed by atoms with Gasteiger partial charge in [-0.15, -0.1) is 0 Å². The van der Waals surface area contributed by atoms with E-state index in [0.717, 1.165) is 11.8 Å². The molecule has 0 fully saturated rings. The van der Waals surface area contributed by atoms with Crippen LogP contribution in [0.3, 0.4) is 0 Å². The Morgan fingerprint density at radius 2 is 2.11 bits per heavy atom. The van der Waals surface area contributed by atoms with Crippen molar-refractivity contribution in [2.45, 2.75) is 17.0 Å². The van der Waals surface area contributed by atoms with Crippen molar-refractivity contribution in [3.8, 4) is 0 Å². The molecule has 0 aliphatic heterocycles. The van der Waals surface area contributed by atoms with Gasteiger partial charge in [0.2, 0.25) is 0 Å². The van der Waals surface area contributed by atoms with Gasteiger partial charge in [-0.05, 0) is 0 Å². The van der Waals surface area contributed by atoms with E-state index >= 15 is 0 Å². The summed E-state index contributed by atoms with van der Waals surface area (Å²) in [7, 11) is 0. The van der Waals surface area contributed by atoms with E-state index in [1.165, 1.54) is 18.6 Å². The van der Waals surface area contributed by atoms with Crippen molar-refractivity contribution >= 4 is 11.8 Å².